The highest BCUT2D eigenvalue weighted by Gasteiger charge is 2.12. The molecule has 1 N–H and O–H groups in total. The van der Waals surface area contributed by atoms with Gasteiger partial charge in [-0.05, 0) is 36.8 Å². The Kier molecular flexibility index (Phi) is 6.03. The van der Waals surface area contributed by atoms with Gasteiger partial charge >= 0.3 is 0 Å². The van der Waals surface area contributed by atoms with Crippen LogP contribution in [0, 0.1) is 6.92 Å². The van der Waals surface area contributed by atoms with Crippen LogP contribution in [0.3, 0.4) is 0 Å². The van der Waals surface area contributed by atoms with Gasteiger partial charge in [0, 0.05) is 18.0 Å². The molecular formula is C18H21N3O3S. The predicted molar refractivity (Wildman–Crippen MR) is 99.8 cm³/mol. The minimum Gasteiger partial charge on any atom is -0.484 e. The molecule has 1 saturated heterocycles. The van der Waals surface area contributed by atoms with Gasteiger partial charge in [-0.25, -0.2) is 5.43 Å². The molecule has 2 aromatic rings. The number of ether oxygens (including phenoxy) is 2. The Morgan fingerprint density at radius 1 is 1.36 bits per heavy atom. The molecule has 6 nitrogen and oxygen atoms in total. The summed E-state index contributed by atoms with van der Waals surface area (Å²) in [6.07, 6.45) is 1.65. The van der Waals surface area contributed by atoms with Crippen molar-refractivity contribution in [2.75, 3.05) is 37.8 Å². The fourth-order valence-corrected chi connectivity index (χ4v) is 3.35. The molecule has 1 aromatic heterocycles. The highest BCUT2D eigenvalue weighted by Crippen LogP contribution is 2.25. The summed E-state index contributed by atoms with van der Waals surface area (Å²) in [5, 5.41) is 5.19. The molecule has 0 unspecified atom stereocenters. The van der Waals surface area contributed by atoms with E-state index < -0.39 is 0 Å². The lowest BCUT2D eigenvalue weighted by Crippen LogP contribution is -2.35. The number of anilines is 1. The molecule has 7 heteroatoms. The highest BCUT2D eigenvalue weighted by atomic mass is 32.1. The number of benzene rings is 1. The van der Waals surface area contributed by atoms with Crippen LogP contribution in [0.5, 0.6) is 5.75 Å². The standard InChI is InChI=1S/C18H21N3O3S/c1-14-3-2-4-15(11-14)24-13-17(22)20-19-12-16-5-6-18(25-16)21-7-9-23-10-8-21/h2-6,11-12H,7-10,13H2,1H3,(H,20,22)/b19-12-. The maximum atomic E-state index is 11.8. The van der Waals surface area contributed by atoms with Crippen LogP contribution in [-0.2, 0) is 9.53 Å². The topological polar surface area (TPSA) is 63.2 Å². The molecule has 25 heavy (non-hydrogen) atoms. The second-order valence-corrected chi connectivity index (χ2v) is 6.77. The number of morpholine rings is 1. The molecule has 0 spiro atoms. The van der Waals surface area contributed by atoms with Gasteiger partial charge in [0.15, 0.2) is 6.61 Å². The number of nitrogens with zero attached hydrogens (tertiary/aromatic N) is 2. The summed E-state index contributed by atoms with van der Waals surface area (Å²) in [7, 11) is 0. The molecule has 1 aromatic carbocycles. The summed E-state index contributed by atoms with van der Waals surface area (Å²) in [6, 6.07) is 11.6. The van der Waals surface area contributed by atoms with Crippen molar-refractivity contribution in [3.63, 3.8) is 0 Å². The third kappa shape index (κ3) is 5.30. The molecule has 1 aliphatic rings. The Balaban J connectivity index is 1.44. The summed E-state index contributed by atoms with van der Waals surface area (Å²) in [5.74, 6) is 0.384. The van der Waals surface area contributed by atoms with E-state index in [4.69, 9.17) is 9.47 Å². The molecule has 2 heterocycles. The highest BCUT2D eigenvalue weighted by molar-refractivity contribution is 7.17. The van der Waals surface area contributed by atoms with Crippen molar-refractivity contribution in [1.82, 2.24) is 5.43 Å². The fraction of sp³-hybridized carbons (Fsp3) is 0.333. The van der Waals surface area contributed by atoms with Crippen LogP contribution < -0.4 is 15.1 Å². The van der Waals surface area contributed by atoms with Gasteiger partial charge in [-0.2, -0.15) is 5.10 Å². The van der Waals surface area contributed by atoms with Gasteiger partial charge in [0.25, 0.3) is 5.91 Å². The van der Waals surface area contributed by atoms with Gasteiger partial charge in [0.2, 0.25) is 0 Å². The zero-order chi connectivity index (χ0) is 17.5. The lowest BCUT2D eigenvalue weighted by atomic mass is 10.2. The van der Waals surface area contributed by atoms with E-state index in [1.54, 1.807) is 17.6 Å². The second-order valence-electron chi connectivity index (χ2n) is 5.67. The van der Waals surface area contributed by atoms with Gasteiger partial charge in [0.05, 0.1) is 24.4 Å². The average molecular weight is 359 g/mol. The minimum atomic E-state index is -0.289. The smallest absolute Gasteiger partial charge is 0.277 e. The van der Waals surface area contributed by atoms with Crippen molar-refractivity contribution >= 4 is 28.5 Å². The molecule has 0 radical (unpaired) electrons. The normalized spacial score (nSPS) is 14.7. The summed E-state index contributed by atoms with van der Waals surface area (Å²) in [5.41, 5.74) is 3.57. The molecule has 3 rings (SSSR count). The third-order valence-electron chi connectivity index (χ3n) is 3.68. The van der Waals surface area contributed by atoms with E-state index in [2.05, 4.69) is 21.5 Å². The first-order valence-electron chi connectivity index (χ1n) is 8.14. The van der Waals surface area contributed by atoms with Crippen LogP contribution in [0.2, 0.25) is 0 Å². The van der Waals surface area contributed by atoms with Crippen molar-refractivity contribution in [2.24, 2.45) is 5.10 Å². The molecule has 132 valence electrons. The molecular weight excluding hydrogens is 338 g/mol. The first kappa shape index (κ1) is 17.4. The van der Waals surface area contributed by atoms with Crippen LogP contribution in [0.1, 0.15) is 10.4 Å². The Bertz CT molecular complexity index is 739. The molecule has 1 amide bonds. The van der Waals surface area contributed by atoms with Crippen molar-refractivity contribution < 1.29 is 14.3 Å². The van der Waals surface area contributed by atoms with E-state index >= 15 is 0 Å². The molecule has 0 saturated carbocycles. The zero-order valence-corrected chi connectivity index (χ0v) is 14.9. The molecule has 0 aliphatic carbocycles. The number of hydrogen-bond donors (Lipinski definition) is 1. The number of carbonyl (C=O) groups excluding carboxylic acids is 1. The summed E-state index contributed by atoms with van der Waals surface area (Å²) in [6.45, 7) is 5.25. The molecule has 1 fully saturated rings. The maximum Gasteiger partial charge on any atom is 0.277 e. The number of rotatable bonds is 6. The number of carbonyl (C=O) groups is 1. The Morgan fingerprint density at radius 2 is 2.20 bits per heavy atom. The lowest BCUT2D eigenvalue weighted by molar-refractivity contribution is -0.123. The van der Waals surface area contributed by atoms with E-state index in [9.17, 15) is 4.79 Å². The number of aryl methyl sites for hydroxylation is 1. The van der Waals surface area contributed by atoms with Gasteiger partial charge in [-0.1, -0.05) is 12.1 Å². The van der Waals surface area contributed by atoms with E-state index in [-0.39, 0.29) is 12.5 Å². The Labute approximate surface area is 151 Å². The quantitative estimate of drug-likeness (QED) is 0.636. The second kappa shape index (κ2) is 8.64. The third-order valence-corrected chi connectivity index (χ3v) is 4.76. The minimum absolute atomic E-state index is 0.0652. The molecule has 1 aliphatic heterocycles. The maximum absolute atomic E-state index is 11.8. The largest absolute Gasteiger partial charge is 0.484 e. The number of hydrogen-bond acceptors (Lipinski definition) is 6. The van der Waals surface area contributed by atoms with Crippen molar-refractivity contribution in [2.45, 2.75) is 6.92 Å². The van der Waals surface area contributed by atoms with E-state index in [1.807, 2.05) is 37.3 Å². The molecule has 0 atom stereocenters. The lowest BCUT2D eigenvalue weighted by Gasteiger charge is -2.27. The summed E-state index contributed by atoms with van der Waals surface area (Å²) >= 11 is 1.64. The van der Waals surface area contributed by atoms with Crippen molar-refractivity contribution in [3.05, 3.63) is 46.8 Å². The predicted octanol–water partition coefficient (Wildman–Crippen LogP) is 2.42. The van der Waals surface area contributed by atoms with Crippen molar-refractivity contribution in [1.29, 1.82) is 0 Å². The Morgan fingerprint density at radius 3 is 3.00 bits per heavy atom. The first-order chi connectivity index (χ1) is 12.2. The van der Waals surface area contributed by atoms with E-state index in [0.717, 1.165) is 36.7 Å². The van der Waals surface area contributed by atoms with Gasteiger partial charge in [-0.15, -0.1) is 11.3 Å². The van der Waals surface area contributed by atoms with Crippen LogP contribution in [0.25, 0.3) is 0 Å². The average Bonchev–Trinajstić information content (AvgIpc) is 3.10. The van der Waals surface area contributed by atoms with Gasteiger partial charge in [0.1, 0.15) is 5.75 Å². The van der Waals surface area contributed by atoms with Crippen LogP contribution in [0.4, 0.5) is 5.00 Å². The zero-order valence-electron chi connectivity index (χ0n) is 14.1. The Hall–Kier alpha value is -2.38. The number of nitrogens with one attached hydrogen (secondary N) is 1. The summed E-state index contributed by atoms with van der Waals surface area (Å²) < 4.78 is 10.8. The first-order valence-corrected chi connectivity index (χ1v) is 8.96. The monoisotopic (exact) mass is 359 g/mol. The van der Waals surface area contributed by atoms with Crippen LogP contribution in [-0.4, -0.2) is 45.0 Å². The van der Waals surface area contributed by atoms with Crippen molar-refractivity contribution in [3.8, 4) is 5.75 Å². The fourth-order valence-electron chi connectivity index (χ4n) is 2.42. The number of hydrazone groups is 1. The van der Waals surface area contributed by atoms with E-state index in [1.165, 1.54) is 5.00 Å². The van der Waals surface area contributed by atoms with Crippen LogP contribution in [0.15, 0.2) is 41.5 Å². The number of amides is 1. The molecule has 0 bridgehead atoms. The number of thiophene rings is 1. The van der Waals surface area contributed by atoms with E-state index in [0.29, 0.717) is 5.75 Å². The van der Waals surface area contributed by atoms with Gasteiger partial charge < -0.3 is 14.4 Å². The van der Waals surface area contributed by atoms with Gasteiger partial charge in [-0.3, -0.25) is 4.79 Å². The summed E-state index contributed by atoms with van der Waals surface area (Å²) in [4.78, 5) is 15.1. The van der Waals surface area contributed by atoms with Crippen LogP contribution >= 0.6 is 11.3 Å². The SMILES string of the molecule is Cc1cccc(OCC(=O)N/N=C\c2ccc(N3CCOCC3)s2)c1.